The second-order valence-electron chi connectivity index (χ2n) is 4.59. The number of thioether (sulfide) groups is 1. The van der Waals surface area contributed by atoms with Gasteiger partial charge in [-0.15, -0.1) is 0 Å². The van der Waals surface area contributed by atoms with Crippen LogP contribution in [-0.4, -0.2) is 10.9 Å². The predicted molar refractivity (Wildman–Crippen MR) is 78.0 cm³/mol. The van der Waals surface area contributed by atoms with Gasteiger partial charge in [-0.1, -0.05) is 38.8 Å². The minimum absolute atomic E-state index is 0.449. The van der Waals surface area contributed by atoms with Gasteiger partial charge in [0.05, 0.1) is 0 Å². The Hall–Kier alpha value is -0.630. The summed E-state index contributed by atoms with van der Waals surface area (Å²) >= 11 is 2.01. The molecule has 1 rings (SSSR count). The number of hydrogen-bond acceptors (Lipinski definition) is 2. The fourth-order valence-corrected chi connectivity index (χ4v) is 3.18. The van der Waals surface area contributed by atoms with Crippen molar-refractivity contribution in [2.45, 2.75) is 52.2 Å². The molecule has 0 amide bonds. The molecule has 0 saturated carbocycles. The predicted octanol–water partition coefficient (Wildman–Crippen LogP) is 4.99. The number of aromatic hydroxyl groups is 1. The molecule has 0 saturated heterocycles. The molecule has 1 unspecified atom stereocenters. The van der Waals surface area contributed by atoms with Gasteiger partial charge in [-0.2, -0.15) is 11.8 Å². The van der Waals surface area contributed by atoms with Gasteiger partial charge < -0.3 is 5.11 Å². The molecule has 1 aromatic rings. The van der Waals surface area contributed by atoms with Gasteiger partial charge in [0, 0.05) is 5.25 Å². The van der Waals surface area contributed by atoms with E-state index in [0.717, 1.165) is 16.9 Å². The lowest BCUT2D eigenvalue weighted by molar-refractivity contribution is 0.466. The van der Waals surface area contributed by atoms with Crippen LogP contribution < -0.4 is 0 Å². The average molecular weight is 252 g/mol. The number of phenols is 1. The van der Waals surface area contributed by atoms with Crippen LogP contribution in [0.1, 0.15) is 55.1 Å². The van der Waals surface area contributed by atoms with Crippen LogP contribution in [-0.2, 0) is 0 Å². The fraction of sp³-hybridized carbons (Fsp3) is 0.600. The topological polar surface area (TPSA) is 20.2 Å². The van der Waals surface area contributed by atoms with Crippen molar-refractivity contribution < 1.29 is 5.11 Å². The van der Waals surface area contributed by atoms with Crippen LogP contribution in [0.15, 0.2) is 12.1 Å². The van der Waals surface area contributed by atoms with E-state index in [1.807, 2.05) is 25.6 Å². The zero-order chi connectivity index (χ0) is 12.8. The molecular formula is C15H24OS. The third-order valence-corrected chi connectivity index (χ3v) is 4.32. The second kappa shape index (κ2) is 6.95. The van der Waals surface area contributed by atoms with Crippen LogP contribution in [0, 0.1) is 13.8 Å². The first kappa shape index (κ1) is 14.4. The highest BCUT2D eigenvalue weighted by Crippen LogP contribution is 2.36. The van der Waals surface area contributed by atoms with Crippen LogP contribution in [0.25, 0.3) is 0 Å². The van der Waals surface area contributed by atoms with Gasteiger partial charge in [-0.3, -0.25) is 0 Å². The van der Waals surface area contributed by atoms with Gasteiger partial charge in [-0.25, -0.2) is 0 Å². The molecule has 0 fully saturated rings. The third-order valence-electron chi connectivity index (χ3n) is 3.07. The molecule has 0 aliphatic carbocycles. The standard InChI is InChI=1S/C15H24OS/c1-5-7-8-14(17-6-2)13-9-11(3)15(16)12(4)10-13/h9-10,14,16H,5-8H2,1-4H3. The molecule has 1 atom stereocenters. The molecule has 0 aromatic heterocycles. The summed E-state index contributed by atoms with van der Waals surface area (Å²) in [5, 5.41) is 10.4. The second-order valence-corrected chi connectivity index (χ2v) is 6.07. The first-order chi connectivity index (χ1) is 8.10. The van der Waals surface area contributed by atoms with E-state index in [0.29, 0.717) is 11.0 Å². The largest absolute Gasteiger partial charge is 0.507 e. The molecule has 1 nitrogen and oxygen atoms in total. The van der Waals surface area contributed by atoms with Crippen LogP contribution in [0.2, 0.25) is 0 Å². The van der Waals surface area contributed by atoms with E-state index >= 15 is 0 Å². The Morgan fingerprint density at radius 3 is 2.24 bits per heavy atom. The summed E-state index contributed by atoms with van der Waals surface area (Å²) in [6.45, 7) is 8.42. The number of aryl methyl sites for hydroxylation is 2. The SMILES string of the molecule is CCCCC(SCC)c1cc(C)c(O)c(C)c1. The fourth-order valence-electron chi connectivity index (χ4n) is 2.11. The van der Waals surface area contributed by atoms with E-state index < -0.39 is 0 Å². The zero-order valence-corrected chi connectivity index (χ0v) is 12.2. The van der Waals surface area contributed by atoms with Crippen molar-refractivity contribution in [1.82, 2.24) is 0 Å². The first-order valence-corrected chi connectivity index (χ1v) is 7.56. The average Bonchev–Trinajstić information content (AvgIpc) is 2.31. The van der Waals surface area contributed by atoms with Gasteiger partial charge in [0.25, 0.3) is 0 Å². The van der Waals surface area contributed by atoms with Crippen LogP contribution in [0.4, 0.5) is 0 Å². The molecule has 1 aromatic carbocycles. The van der Waals surface area contributed by atoms with Gasteiger partial charge in [0.2, 0.25) is 0 Å². The maximum atomic E-state index is 9.81. The Morgan fingerprint density at radius 2 is 1.76 bits per heavy atom. The summed E-state index contributed by atoms with van der Waals surface area (Å²) in [5.74, 6) is 1.59. The summed E-state index contributed by atoms with van der Waals surface area (Å²) in [4.78, 5) is 0. The van der Waals surface area contributed by atoms with Crippen molar-refractivity contribution in [2.75, 3.05) is 5.75 Å². The first-order valence-electron chi connectivity index (χ1n) is 6.51. The Kier molecular flexibility index (Phi) is 5.90. The number of unbranched alkanes of at least 4 members (excludes halogenated alkanes) is 1. The summed E-state index contributed by atoms with van der Waals surface area (Å²) in [7, 11) is 0. The van der Waals surface area contributed by atoms with Crippen LogP contribution in [0.3, 0.4) is 0 Å². The monoisotopic (exact) mass is 252 g/mol. The van der Waals surface area contributed by atoms with Crippen molar-refractivity contribution in [3.05, 3.63) is 28.8 Å². The van der Waals surface area contributed by atoms with E-state index in [1.165, 1.54) is 24.8 Å². The molecule has 1 N–H and O–H groups in total. The van der Waals surface area contributed by atoms with Crippen LogP contribution >= 0.6 is 11.8 Å². The lowest BCUT2D eigenvalue weighted by Crippen LogP contribution is -1.97. The quantitative estimate of drug-likeness (QED) is 0.769. The number of rotatable bonds is 6. The van der Waals surface area contributed by atoms with Crippen LogP contribution in [0.5, 0.6) is 5.75 Å². The highest BCUT2D eigenvalue weighted by atomic mass is 32.2. The molecule has 0 radical (unpaired) electrons. The maximum Gasteiger partial charge on any atom is 0.121 e. The summed E-state index contributed by atoms with van der Waals surface area (Å²) in [6.07, 6.45) is 3.76. The van der Waals surface area contributed by atoms with Crippen molar-refractivity contribution in [3.8, 4) is 5.75 Å². The number of hydrogen-bond donors (Lipinski definition) is 1. The van der Waals surface area contributed by atoms with Gasteiger partial charge in [0.1, 0.15) is 5.75 Å². The smallest absolute Gasteiger partial charge is 0.121 e. The molecule has 0 heterocycles. The lowest BCUT2D eigenvalue weighted by Gasteiger charge is -2.18. The maximum absolute atomic E-state index is 9.81. The van der Waals surface area contributed by atoms with Gasteiger partial charge >= 0.3 is 0 Å². The zero-order valence-electron chi connectivity index (χ0n) is 11.4. The number of benzene rings is 1. The Labute approximate surface area is 110 Å². The van der Waals surface area contributed by atoms with E-state index in [2.05, 4.69) is 26.0 Å². The van der Waals surface area contributed by atoms with Crippen molar-refractivity contribution in [3.63, 3.8) is 0 Å². The molecule has 0 bridgehead atoms. The summed E-state index contributed by atoms with van der Waals surface area (Å²) in [5.41, 5.74) is 3.37. The van der Waals surface area contributed by atoms with Gasteiger partial charge in [-0.05, 0) is 42.7 Å². The molecule has 0 aliphatic heterocycles. The summed E-state index contributed by atoms with van der Waals surface area (Å²) in [6, 6.07) is 4.29. The molecular weight excluding hydrogens is 228 g/mol. The van der Waals surface area contributed by atoms with E-state index in [9.17, 15) is 5.11 Å². The van der Waals surface area contributed by atoms with E-state index in [-0.39, 0.29) is 0 Å². The lowest BCUT2D eigenvalue weighted by atomic mass is 10.0. The van der Waals surface area contributed by atoms with Crippen molar-refractivity contribution in [2.24, 2.45) is 0 Å². The van der Waals surface area contributed by atoms with Gasteiger partial charge in [0.15, 0.2) is 0 Å². The van der Waals surface area contributed by atoms with Crippen molar-refractivity contribution in [1.29, 1.82) is 0 Å². The summed E-state index contributed by atoms with van der Waals surface area (Å²) < 4.78 is 0. The highest BCUT2D eigenvalue weighted by Gasteiger charge is 2.13. The third kappa shape index (κ3) is 3.95. The Morgan fingerprint density at radius 1 is 1.18 bits per heavy atom. The van der Waals surface area contributed by atoms with E-state index in [4.69, 9.17) is 0 Å². The highest BCUT2D eigenvalue weighted by molar-refractivity contribution is 7.99. The van der Waals surface area contributed by atoms with E-state index in [1.54, 1.807) is 0 Å². The minimum atomic E-state index is 0.449. The Bertz CT molecular complexity index is 337. The molecule has 0 spiro atoms. The normalized spacial score (nSPS) is 12.7. The van der Waals surface area contributed by atoms with Crippen molar-refractivity contribution >= 4 is 11.8 Å². The molecule has 0 aliphatic rings. The number of phenolic OH excluding ortho intramolecular Hbond substituents is 1. The molecule has 2 heteroatoms. The molecule has 96 valence electrons. The minimum Gasteiger partial charge on any atom is -0.507 e. The Balaban J connectivity index is 2.93. The molecule has 17 heavy (non-hydrogen) atoms.